The van der Waals surface area contributed by atoms with Crippen molar-refractivity contribution in [3.63, 3.8) is 0 Å². The third kappa shape index (κ3) is 2.42. The van der Waals surface area contributed by atoms with Crippen molar-refractivity contribution in [2.75, 3.05) is 11.9 Å². The van der Waals surface area contributed by atoms with Crippen molar-refractivity contribution in [2.45, 2.75) is 19.6 Å². The summed E-state index contributed by atoms with van der Waals surface area (Å²) in [7, 11) is 0. The van der Waals surface area contributed by atoms with Crippen LogP contribution in [0.25, 0.3) is 0 Å². The molecule has 0 saturated carbocycles. The molecular weight excluding hydrogens is 254 g/mol. The first-order valence-corrected chi connectivity index (χ1v) is 6.68. The molecule has 2 aromatic carbocycles. The van der Waals surface area contributed by atoms with Crippen LogP contribution in [0.15, 0.2) is 36.4 Å². The monoisotopic (exact) mass is 271 g/mol. The van der Waals surface area contributed by atoms with Gasteiger partial charge in [-0.3, -0.25) is 0 Å². The summed E-state index contributed by atoms with van der Waals surface area (Å²) in [5.41, 5.74) is 3.56. The number of ether oxygens (including phenoxy) is 1. The smallest absolute Gasteiger partial charge is 0.123 e. The SMILES string of the molecule is OCc1ccccc1NCc1cc2c(cc1O)CCO2. The third-order valence-corrected chi connectivity index (χ3v) is 3.55. The molecule has 3 N–H and O–H groups in total. The summed E-state index contributed by atoms with van der Waals surface area (Å²) in [6, 6.07) is 11.2. The molecule has 1 aliphatic rings. The topological polar surface area (TPSA) is 61.7 Å². The van der Waals surface area contributed by atoms with Crippen LogP contribution < -0.4 is 10.1 Å². The number of aliphatic hydroxyl groups excluding tert-OH is 1. The van der Waals surface area contributed by atoms with Crippen molar-refractivity contribution < 1.29 is 14.9 Å². The van der Waals surface area contributed by atoms with Gasteiger partial charge in [-0.1, -0.05) is 18.2 Å². The molecule has 0 aliphatic carbocycles. The van der Waals surface area contributed by atoms with E-state index in [4.69, 9.17) is 4.74 Å². The predicted molar refractivity (Wildman–Crippen MR) is 77.0 cm³/mol. The second kappa shape index (κ2) is 5.43. The second-order valence-corrected chi connectivity index (χ2v) is 4.86. The maximum absolute atomic E-state index is 10.0. The van der Waals surface area contributed by atoms with Crippen LogP contribution in [0.5, 0.6) is 11.5 Å². The number of hydrogen-bond acceptors (Lipinski definition) is 4. The van der Waals surface area contributed by atoms with Gasteiger partial charge in [0.05, 0.1) is 13.2 Å². The van der Waals surface area contributed by atoms with Gasteiger partial charge >= 0.3 is 0 Å². The molecular formula is C16H17NO3. The van der Waals surface area contributed by atoms with Crippen LogP contribution in [-0.4, -0.2) is 16.8 Å². The van der Waals surface area contributed by atoms with Gasteiger partial charge in [0, 0.05) is 35.3 Å². The fourth-order valence-corrected chi connectivity index (χ4v) is 2.42. The average molecular weight is 271 g/mol. The summed E-state index contributed by atoms with van der Waals surface area (Å²) < 4.78 is 5.51. The minimum atomic E-state index is -0.0115. The van der Waals surface area contributed by atoms with Gasteiger partial charge in [0.2, 0.25) is 0 Å². The van der Waals surface area contributed by atoms with Crippen LogP contribution in [-0.2, 0) is 19.6 Å². The summed E-state index contributed by atoms with van der Waals surface area (Å²) in [5.74, 6) is 1.14. The Morgan fingerprint density at radius 2 is 2.00 bits per heavy atom. The van der Waals surface area contributed by atoms with Crippen molar-refractivity contribution in [3.8, 4) is 11.5 Å². The maximum Gasteiger partial charge on any atom is 0.123 e. The zero-order valence-corrected chi connectivity index (χ0v) is 11.1. The average Bonchev–Trinajstić information content (AvgIpc) is 2.92. The molecule has 0 fully saturated rings. The van der Waals surface area contributed by atoms with Gasteiger partial charge < -0.3 is 20.3 Å². The predicted octanol–water partition coefficient (Wildman–Crippen LogP) is 2.43. The van der Waals surface area contributed by atoms with E-state index in [-0.39, 0.29) is 12.4 Å². The number of aliphatic hydroxyl groups is 1. The molecule has 1 aliphatic heterocycles. The Kier molecular flexibility index (Phi) is 3.48. The van der Waals surface area contributed by atoms with Crippen molar-refractivity contribution in [1.29, 1.82) is 0 Å². The Balaban J connectivity index is 1.78. The number of benzene rings is 2. The first-order chi connectivity index (χ1) is 9.78. The second-order valence-electron chi connectivity index (χ2n) is 4.86. The number of phenolic OH excluding ortho intramolecular Hbond substituents is 1. The van der Waals surface area contributed by atoms with Crippen LogP contribution >= 0.6 is 0 Å². The molecule has 0 unspecified atom stereocenters. The molecule has 4 nitrogen and oxygen atoms in total. The summed E-state index contributed by atoms with van der Waals surface area (Å²) in [6.45, 7) is 1.15. The van der Waals surface area contributed by atoms with Crippen LogP contribution in [0, 0.1) is 0 Å². The zero-order valence-electron chi connectivity index (χ0n) is 11.1. The number of anilines is 1. The van der Waals surface area contributed by atoms with Crippen molar-refractivity contribution in [3.05, 3.63) is 53.1 Å². The normalized spacial score (nSPS) is 12.8. The van der Waals surface area contributed by atoms with Crippen LogP contribution in [0.3, 0.4) is 0 Å². The van der Waals surface area contributed by atoms with Gasteiger partial charge in [-0.15, -0.1) is 0 Å². The van der Waals surface area contributed by atoms with E-state index in [1.807, 2.05) is 30.3 Å². The molecule has 0 amide bonds. The Labute approximate surface area is 117 Å². The molecule has 0 spiro atoms. The molecule has 2 aromatic rings. The minimum Gasteiger partial charge on any atom is -0.508 e. The minimum absolute atomic E-state index is 0.0115. The highest BCUT2D eigenvalue weighted by Gasteiger charge is 2.15. The van der Waals surface area contributed by atoms with E-state index < -0.39 is 0 Å². The number of fused-ring (bicyclic) bond motifs is 1. The summed E-state index contributed by atoms with van der Waals surface area (Å²) >= 11 is 0. The lowest BCUT2D eigenvalue weighted by atomic mass is 10.1. The Bertz CT molecular complexity index is 625. The summed E-state index contributed by atoms with van der Waals surface area (Å²) in [6.07, 6.45) is 0.851. The van der Waals surface area contributed by atoms with Crippen LogP contribution in [0.2, 0.25) is 0 Å². The quantitative estimate of drug-likeness (QED) is 0.799. The number of nitrogens with one attached hydrogen (secondary N) is 1. The fourth-order valence-electron chi connectivity index (χ4n) is 2.42. The van der Waals surface area contributed by atoms with E-state index in [0.717, 1.165) is 34.5 Å². The fraction of sp³-hybridized carbons (Fsp3) is 0.250. The number of phenols is 1. The van der Waals surface area contributed by atoms with Gasteiger partial charge in [-0.2, -0.15) is 0 Å². The van der Waals surface area contributed by atoms with E-state index >= 15 is 0 Å². The van der Waals surface area contributed by atoms with E-state index in [0.29, 0.717) is 13.2 Å². The number of aromatic hydroxyl groups is 1. The van der Waals surface area contributed by atoms with Crippen molar-refractivity contribution in [2.24, 2.45) is 0 Å². The number of para-hydroxylation sites is 1. The van der Waals surface area contributed by atoms with Crippen LogP contribution in [0.1, 0.15) is 16.7 Å². The van der Waals surface area contributed by atoms with E-state index in [2.05, 4.69) is 5.32 Å². The highest BCUT2D eigenvalue weighted by atomic mass is 16.5. The van der Waals surface area contributed by atoms with E-state index in [1.54, 1.807) is 6.07 Å². The molecule has 104 valence electrons. The lowest BCUT2D eigenvalue weighted by molar-refractivity contribution is 0.282. The molecule has 20 heavy (non-hydrogen) atoms. The number of rotatable bonds is 4. The Morgan fingerprint density at radius 3 is 2.85 bits per heavy atom. The zero-order chi connectivity index (χ0) is 13.9. The molecule has 1 heterocycles. The van der Waals surface area contributed by atoms with Crippen LogP contribution in [0.4, 0.5) is 5.69 Å². The molecule has 0 radical (unpaired) electrons. The van der Waals surface area contributed by atoms with E-state index in [1.165, 1.54) is 0 Å². The largest absolute Gasteiger partial charge is 0.508 e. The first-order valence-electron chi connectivity index (χ1n) is 6.68. The Morgan fingerprint density at radius 1 is 1.15 bits per heavy atom. The lowest BCUT2D eigenvalue weighted by Crippen LogP contribution is -2.03. The summed E-state index contributed by atoms with van der Waals surface area (Å²) in [5, 5.41) is 22.6. The third-order valence-electron chi connectivity index (χ3n) is 3.55. The highest BCUT2D eigenvalue weighted by Crippen LogP contribution is 2.32. The molecule has 3 rings (SSSR count). The highest BCUT2D eigenvalue weighted by molar-refractivity contribution is 5.53. The molecule has 4 heteroatoms. The first kappa shape index (κ1) is 12.8. The lowest BCUT2D eigenvalue weighted by Gasteiger charge is -2.12. The van der Waals surface area contributed by atoms with Gasteiger partial charge in [0.1, 0.15) is 11.5 Å². The molecule has 0 saturated heterocycles. The molecule has 0 aromatic heterocycles. The maximum atomic E-state index is 10.0. The van der Waals surface area contributed by atoms with Gasteiger partial charge in [0.25, 0.3) is 0 Å². The van der Waals surface area contributed by atoms with Gasteiger partial charge in [0.15, 0.2) is 0 Å². The Hall–Kier alpha value is -2.20. The standard InChI is InChI=1S/C16H17NO3/c18-10-12-3-1-2-4-14(12)17-9-13-8-16-11(5-6-20-16)7-15(13)19/h1-4,7-8,17-19H,5-6,9-10H2. The molecule has 0 bridgehead atoms. The van der Waals surface area contributed by atoms with Crippen molar-refractivity contribution in [1.82, 2.24) is 0 Å². The van der Waals surface area contributed by atoms with Crippen molar-refractivity contribution >= 4 is 5.69 Å². The van der Waals surface area contributed by atoms with Gasteiger partial charge in [-0.05, 0) is 18.2 Å². The number of hydrogen-bond donors (Lipinski definition) is 3. The molecule has 0 atom stereocenters. The summed E-state index contributed by atoms with van der Waals surface area (Å²) in [4.78, 5) is 0. The van der Waals surface area contributed by atoms with E-state index in [9.17, 15) is 10.2 Å². The van der Waals surface area contributed by atoms with Gasteiger partial charge in [-0.25, -0.2) is 0 Å².